The highest BCUT2D eigenvalue weighted by atomic mass is 35.5. The number of carbonyl (C=O) groups is 1. The molecule has 0 saturated heterocycles. The fraction of sp³-hybridized carbons (Fsp3) is 0.0476. The van der Waals surface area contributed by atoms with Crippen molar-refractivity contribution in [2.45, 2.75) is 15.7 Å². The van der Waals surface area contributed by atoms with Crippen LogP contribution in [0, 0.1) is 0 Å². The Morgan fingerprint density at radius 3 is 2.50 bits per heavy atom. The summed E-state index contributed by atoms with van der Waals surface area (Å²) in [6.07, 6.45) is -1.35. The maximum atomic E-state index is 13.2. The van der Waals surface area contributed by atoms with E-state index in [0.717, 1.165) is 0 Å². The van der Waals surface area contributed by atoms with Gasteiger partial charge in [0.2, 0.25) is 5.09 Å². The van der Waals surface area contributed by atoms with Gasteiger partial charge in [0, 0.05) is 16.5 Å². The lowest BCUT2D eigenvalue weighted by Gasteiger charge is -2.13. The summed E-state index contributed by atoms with van der Waals surface area (Å²) < 4.78 is 59.8. The highest BCUT2D eigenvalue weighted by Gasteiger charge is 2.26. The first-order valence-electron chi connectivity index (χ1n) is 9.53. The minimum Gasteiger partial charge on any atom is -0.465 e. The number of pyridine rings is 1. The summed E-state index contributed by atoms with van der Waals surface area (Å²) in [6, 6.07) is 15.9. The fourth-order valence-electron chi connectivity index (χ4n) is 3.15. The summed E-state index contributed by atoms with van der Waals surface area (Å²) >= 11 is 6.01. The van der Waals surface area contributed by atoms with Gasteiger partial charge in [0.25, 0.3) is 10.0 Å². The smallest absolute Gasteiger partial charge is 0.410 e. The third-order valence-electron chi connectivity index (χ3n) is 4.57. The van der Waals surface area contributed by atoms with Crippen molar-refractivity contribution in [2.24, 2.45) is 0 Å². The van der Waals surface area contributed by atoms with Crippen molar-refractivity contribution >= 4 is 60.0 Å². The topological polar surface area (TPSA) is 156 Å². The molecular formula is C21H16ClN3O7S2. The second kappa shape index (κ2) is 8.97. The van der Waals surface area contributed by atoms with E-state index in [1.54, 1.807) is 24.3 Å². The molecule has 2 aromatic heterocycles. The zero-order chi connectivity index (χ0) is 24.5. The number of benzene rings is 2. The zero-order valence-corrected chi connectivity index (χ0v) is 19.5. The number of sulfone groups is 1. The highest BCUT2D eigenvalue weighted by Crippen LogP contribution is 2.31. The van der Waals surface area contributed by atoms with E-state index in [9.17, 15) is 21.6 Å². The summed E-state index contributed by atoms with van der Waals surface area (Å²) in [5, 5.41) is 11.1. The Hall–Kier alpha value is -3.61. The van der Waals surface area contributed by atoms with Crippen LogP contribution in [-0.2, 0) is 25.6 Å². The second-order valence-electron chi connectivity index (χ2n) is 7.05. The average molecular weight is 522 g/mol. The number of rotatable bonds is 7. The molecule has 0 bridgehead atoms. The molecule has 4 rings (SSSR count). The highest BCUT2D eigenvalue weighted by molar-refractivity contribution is 7.93. The van der Waals surface area contributed by atoms with E-state index in [4.69, 9.17) is 21.1 Å². The van der Waals surface area contributed by atoms with Crippen LogP contribution in [0.1, 0.15) is 5.69 Å². The van der Waals surface area contributed by atoms with E-state index >= 15 is 0 Å². The van der Waals surface area contributed by atoms with Crippen LogP contribution in [0.25, 0.3) is 11.0 Å². The SMILES string of the molecule is O=C(O)Nc1cccc(CS(=O)(=O)c2ccc(Cl)cc2NS(=O)(=O)c2cc3ccccc3o2)n1. The Morgan fingerprint density at radius 1 is 1.00 bits per heavy atom. The maximum Gasteiger partial charge on any atom is 0.410 e. The summed E-state index contributed by atoms with van der Waals surface area (Å²) in [4.78, 5) is 14.4. The van der Waals surface area contributed by atoms with Gasteiger partial charge in [-0.1, -0.05) is 35.9 Å². The van der Waals surface area contributed by atoms with Crippen LogP contribution in [0.2, 0.25) is 5.02 Å². The van der Waals surface area contributed by atoms with E-state index in [1.165, 1.54) is 42.5 Å². The van der Waals surface area contributed by atoms with Gasteiger partial charge in [0.1, 0.15) is 11.4 Å². The first kappa shape index (κ1) is 23.5. The standard InChI is InChI=1S/C21H16ClN3O7S2/c22-14-8-9-18(33(28,29)12-15-5-3-7-19(23-15)24-21(26)27)16(11-14)25-34(30,31)20-10-13-4-1-2-6-17(13)32-20/h1-11,25H,12H2,(H,23,24)(H,26,27). The van der Waals surface area contributed by atoms with E-state index in [1.807, 2.05) is 5.32 Å². The molecule has 0 aliphatic heterocycles. The quantitative estimate of drug-likeness (QED) is 0.324. The summed E-state index contributed by atoms with van der Waals surface area (Å²) in [5.74, 6) is -0.675. The third kappa shape index (κ3) is 5.14. The Bertz CT molecular complexity index is 1580. The number of halogens is 1. The van der Waals surface area contributed by atoms with Crippen LogP contribution >= 0.6 is 11.6 Å². The number of aromatic nitrogens is 1. The Labute approximate surface area is 199 Å². The van der Waals surface area contributed by atoms with Gasteiger partial charge >= 0.3 is 6.09 Å². The minimum atomic E-state index is -4.30. The van der Waals surface area contributed by atoms with E-state index < -0.39 is 36.8 Å². The van der Waals surface area contributed by atoms with E-state index in [2.05, 4.69) is 9.71 Å². The molecule has 0 radical (unpaired) electrons. The van der Waals surface area contributed by atoms with Crippen molar-refractivity contribution in [3.8, 4) is 0 Å². The van der Waals surface area contributed by atoms with Crippen molar-refractivity contribution in [2.75, 3.05) is 10.0 Å². The number of furan rings is 1. The lowest BCUT2D eigenvalue weighted by molar-refractivity contribution is 0.209. The Kier molecular flexibility index (Phi) is 6.21. The molecule has 2 aromatic carbocycles. The fourth-order valence-corrected chi connectivity index (χ4v) is 5.85. The minimum absolute atomic E-state index is 0.0484. The molecule has 0 saturated carbocycles. The van der Waals surface area contributed by atoms with Crippen LogP contribution in [-0.4, -0.2) is 33.0 Å². The molecule has 13 heteroatoms. The van der Waals surface area contributed by atoms with Gasteiger partial charge < -0.3 is 9.52 Å². The molecule has 0 atom stereocenters. The van der Waals surface area contributed by atoms with Gasteiger partial charge in [-0.05, 0) is 36.4 Å². The molecule has 0 fully saturated rings. The second-order valence-corrected chi connectivity index (χ2v) is 11.1. The normalized spacial score (nSPS) is 11.9. The van der Waals surface area contributed by atoms with Gasteiger partial charge in [0.15, 0.2) is 9.84 Å². The molecule has 1 amide bonds. The van der Waals surface area contributed by atoms with Crippen molar-refractivity contribution in [1.29, 1.82) is 0 Å². The molecule has 2 heterocycles. The summed E-state index contributed by atoms with van der Waals surface area (Å²) in [6.45, 7) is 0. The van der Waals surface area contributed by atoms with Gasteiger partial charge in [-0.2, -0.15) is 8.42 Å². The first-order valence-corrected chi connectivity index (χ1v) is 13.0. The van der Waals surface area contributed by atoms with E-state index in [-0.39, 0.29) is 27.1 Å². The predicted octanol–water partition coefficient (Wildman–Crippen LogP) is 4.35. The number of hydrogen-bond donors (Lipinski definition) is 3. The van der Waals surface area contributed by atoms with Crippen molar-refractivity contribution < 1.29 is 31.2 Å². The lowest BCUT2D eigenvalue weighted by Crippen LogP contribution is -2.16. The Morgan fingerprint density at radius 2 is 1.76 bits per heavy atom. The maximum absolute atomic E-state index is 13.2. The molecule has 0 spiro atoms. The number of amides is 1. The monoisotopic (exact) mass is 521 g/mol. The lowest BCUT2D eigenvalue weighted by atomic mass is 10.3. The molecule has 4 aromatic rings. The van der Waals surface area contributed by atoms with Crippen molar-refractivity contribution in [3.05, 3.63) is 77.4 Å². The van der Waals surface area contributed by atoms with Gasteiger partial charge in [0.05, 0.1) is 22.0 Å². The van der Waals surface area contributed by atoms with Crippen LogP contribution in [0.3, 0.4) is 0 Å². The molecule has 3 N–H and O–H groups in total. The first-order chi connectivity index (χ1) is 16.0. The van der Waals surface area contributed by atoms with Crippen LogP contribution in [0.4, 0.5) is 16.3 Å². The van der Waals surface area contributed by atoms with Crippen molar-refractivity contribution in [3.63, 3.8) is 0 Å². The van der Waals surface area contributed by atoms with Crippen LogP contribution in [0.5, 0.6) is 0 Å². The molecule has 10 nitrogen and oxygen atoms in total. The number of nitrogens with one attached hydrogen (secondary N) is 2. The van der Waals surface area contributed by atoms with Crippen molar-refractivity contribution in [1.82, 2.24) is 4.98 Å². The molecule has 0 aliphatic carbocycles. The number of carboxylic acid groups (broad SMARTS) is 1. The molecule has 176 valence electrons. The summed E-state index contributed by atoms with van der Waals surface area (Å²) in [7, 11) is -8.44. The molecule has 0 aliphatic rings. The zero-order valence-electron chi connectivity index (χ0n) is 17.1. The third-order valence-corrected chi connectivity index (χ3v) is 7.72. The number of para-hydroxylation sites is 1. The van der Waals surface area contributed by atoms with Crippen LogP contribution < -0.4 is 10.0 Å². The number of fused-ring (bicyclic) bond motifs is 1. The molecular weight excluding hydrogens is 506 g/mol. The largest absolute Gasteiger partial charge is 0.465 e. The Balaban J connectivity index is 1.68. The van der Waals surface area contributed by atoms with Crippen LogP contribution in [0.15, 0.2) is 81.1 Å². The average Bonchev–Trinajstić information content (AvgIpc) is 3.18. The van der Waals surface area contributed by atoms with Gasteiger partial charge in [-0.25, -0.2) is 18.2 Å². The predicted molar refractivity (Wildman–Crippen MR) is 125 cm³/mol. The summed E-state index contributed by atoms with van der Waals surface area (Å²) in [5.41, 5.74) is 0.128. The number of anilines is 2. The number of hydrogen-bond acceptors (Lipinski definition) is 7. The number of sulfonamides is 1. The number of nitrogens with zero attached hydrogens (tertiary/aromatic N) is 1. The van der Waals surface area contributed by atoms with Gasteiger partial charge in [-0.15, -0.1) is 0 Å². The molecule has 0 unspecified atom stereocenters. The molecule has 34 heavy (non-hydrogen) atoms. The van der Waals surface area contributed by atoms with E-state index in [0.29, 0.717) is 11.0 Å². The van der Waals surface area contributed by atoms with Gasteiger partial charge in [-0.3, -0.25) is 10.0 Å².